The molecule has 0 saturated carbocycles. The van der Waals surface area contributed by atoms with Gasteiger partial charge in [0.1, 0.15) is 0 Å². The van der Waals surface area contributed by atoms with Crippen LogP contribution in [0.4, 0.5) is 0 Å². The predicted molar refractivity (Wildman–Crippen MR) is 91.3 cm³/mol. The first-order valence-corrected chi connectivity index (χ1v) is 7.86. The highest BCUT2D eigenvalue weighted by molar-refractivity contribution is 7.19. The lowest BCUT2D eigenvalue weighted by Gasteiger charge is -2.01. The van der Waals surface area contributed by atoms with Crippen LogP contribution in [0.25, 0.3) is 27.3 Å². The van der Waals surface area contributed by atoms with E-state index in [0.29, 0.717) is 0 Å². The van der Waals surface area contributed by atoms with Crippen molar-refractivity contribution >= 4 is 27.5 Å². The summed E-state index contributed by atoms with van der Waals surface area (Å²) in [7, 11) is 0. The lowest BCUT2D eigenvalue weighted by molar-refractivity contribution is 1.23. The average molecular weight is 278 g/mol. The second-order valence-electron chi connectivity index (χ2n) is 4.96. The summed E-state index contributed by atoms with van der Waals surface area (Å²) in [5, 5.41) is 1.37. The molecule has 0 N–H and O–H groups in total. The lowest BCUT2D eigenvalue weighted by atomic mass is 10.0. The Labute approximate surface area is 124 Å². The Bertz CT molecular complexity index is 748. The van der Waals surface area contributed by atoms with Gasteiger partial charge in [0.2, 0.25) is 0 Å². The smallest absolute Gasteiger partial charge is 0.0357 e. The topological polar surface area (TPSA) is 0 Å². The van der Waals surface area contributed by atoms with Crippen LogP contribution in [0.1, 0.15) is 23.8 Å². The summed E-state index contributed by atoms with van der Waals surface area (Å²) in [6, 6.07) is 17.4. The van der Waals surface area contributed by atoms with E-state index in [9.17, 15) is 0 Å². The Balaban J connectivity index is 2.12. The van der Waals surface area contributed by atoms with Crippen LogP contribution in [0.2, 0.25) is 0 Å². The molecular weight excluding hydrogens is 260 g/mol. The highest BCUT2D eigenvalue weighted by Crippen LogP contribution is 2.34. The summed E-state index contributed by atoms with van der Waals surface area (Å²) in [6.07, 6.45) is 5.58. The molecule has 0 nitrogen and oxygen atoms in total. The van der Waals surface area contributed by atoms with E-state index in [2.05, 4.69) is 74.5 Å². The van der Waals surface area contributed by atoms with Gasteiger partial charge in [-0.05, 0) is 41.5 Å². The summed E-state index contributed by atoms with van der Waals surface area (Å²) in [5.41, 5.74) is 3.96. The maximum absolute atomic E-state index is 2.31. The molecule has 3 aromatic rings. The Morgan fingerprint density at radius 1 is 1.00 bits per heavy atom. The fraction of sp³-hybridized carbons (Fsp3) is 0.158. The maximum atomic E-state index is 2.31. The molecule has 1 heterocycles. The zero-order chi connectivity index (χ0) is 13.9. The van der Waals surface area contributed by atoms with Crippen molar-refractivity contribution in [2.75, 3.05) is 0 Å². The second-order valence-corrected chi connectivity index (χ2v) is 6.22. The van der Waals surface area contributed by atoms with Crippen molar-refractivity contribution in [1.82, 2.24) is 0 Å². The number of thiophene rings is 1. The average Bonchev–Trinajstić information content (AvgIpc) is 2.80. The minimum absolute atomic E-state index is 1.08. The van der Waals surface area contributed by atoms with E-state index in [1.54, 1.807) is 0 Å². The summed E-state index contributed by atoms with van der Waals surface area (Å²) in [5.74, 6) is 0. The summed E-state index contributed by atoms with van der Waals surface area (Å²) < 4.78 is 1.37. The third-order valence-corrected chi connectivity index (χ3v) is 4.63. The summed E-state index contributed by atoms with van der Waals surface area (Å²) in [6.45, 7) is 4.39. The highest BCUT2D eigenvalue weighted by Gasteiger charge is 2.07. The third kappa shape index (κ3) is 2.41. The van der Waals surface area contributed by atoms with E-state index in [1.165, 1.54) is 31.7 Å². The molecule has 0 amide bonds. The molecule has 100 valence electrons. The second kappa shape index (κ2) is 5.64. The first-order valence-electron chi connectivity index (χ1n) is 7.04. The van der Waals surface area contributed by atoms with Gasteiger partial charge in [-0.15, -0.1) is 11.3 Å². The van der Waals surface area contributed by atoms with E-state index in [0.717, 1.165) is 6.42 Å². The van der Waals surface area contributed by atoms with Crippen molar-refractivity contribution < 1.29 is 0 Å². The van der Waals surface area contributed by atoms with Gasteiger partial charge in [0, 0.05) is 9.58 Å². The molecule has 0 spiro atoms. The van der Waals surface area contributed by atoms with Crippen molar-refractivity contribution in [2.24, 2.45) is 0 Å². The van der Waals surface area contributed by atoms with Crippen LogP contribution in [0, 0.1) is 6.92 Å². The number of rotatable bonds is 3. The maximum Gasteiger partial charge on any atom is 0.0357 e. The van der Waals surface area contributed by atoms with E-state index in [4.69, 9.17) is 0 Å². The molecule has 1 aromatic heterocycles. The van der Waals surface area contributed by atoms with Crippen LogP contribution in [-0.2, 0) is 0 Å². The van der Waals surface area contributed by atoms with Gasteiger partial charge in [0.05, 0.1) is 0 Å². The predicted octanol–water partition coefficient (Wildman–Crippen LogP) is 6.30. The fourth-order valence-corrected chi connectivity index (χ4v) is 3.58. The molecule has 2 aromatic carbocycles. The minimum Gasteiger partial charge on any atom is -0.140 e. The zero-order valence-electron chi connectivity index (χ0n) is 11.9. The number of fused-ring (bicyclic) bond motifs is 1. The Kier molecular flexibility index (Phi) is 3.70. The van der Waals surface area contributed by atoms with Crippen LogP contribution < -0.4 is 0 Å². The monoisotopic (exact) mass is 278 g/mol. The quantitative estimate of drug-likeness (QED) is 0.527. The Hall–Kier alpha value is -1.86. The van der Waals surface area contributed by atoms with Gasteiger partial charge in [-0.1, -0.05) is 61.5 Å². The van der Waals surface area contributed by atoms with E-state index < -0.39 is 0 Å². The number of allylic oxidation sites excluding steroid dienone is 1. The Morgan fingerprint density at radius 3 is 2.55 bits per heavy atom. The molecule has 1 heteroatoms. The molecule has 20 heavy (non-hydrogen) atoms. The number of hydrogen-bond donors (Lipinski definition) is 0. The SMILES string of the molecule is CC/C=C\c1c(C)sc2cc(-c3ccccc3)ccc12. The van der Waals surface area contributed by atoms with Crippen molar-refractivity contribution in [1.29, 1.82) is 0 Å². The Morgan fingerprint density at radius 2 is 1.80 bits per heavy atom. The van der Waals surface area contributed by atoms with Gasteiger partial charge < -0.3 is 0 Å². The molecule has 3 rings (SSSR count). The largest absolute Gasteiger partial charge is 0.140 e. The van der Waals surface area contributed by atoms with E-state index in [-0.39, 0.29) is 0 Å². The first-order chi connectivity index (χ1) is 9.79. The van der Waals surface area contributed by atoms with Gasteiger partial charge in [-0.2, -0.15) is 0 Å². The van der Waals surface area contributed by atoms with Crippen molar-refractivity contribution in [3.8, 4) is 11.1 Å². The van der Waals surface area contributed by atoms with Crippen molar-refractivity contribution in [2.45, 2.75) is 20.3 Å². The zero-order valence-corrected chi connectivity index (χ0v) is 12.7. The van der Waals surface area contributed by atoms with Crippen molar-refractivity contribution in [3.63, 3.8) is 0 Å². The molecule has 0 aliphatic carbocycles. The van der Waals surface area contributed by atoms with Gasteiger partial charge in [-0.25, -0.2) is 0 Å². The summed E-state index contributed by atoms with van der Waals surface area (Å²) in [4.78, 5) is 1.40. The van der Waals surface area contributed by atoms with Crippen LogP contribution in [-0.4, -0.2) is 0 Å². The van der Waals surface area contributed by atoms with Gasteiger partial charge in [0.15, 0.2) is 0 Å². The first kappa shape index (κ1) is 13.1. The standard InChI is InChI=1S/C19H18S/c1-3-4-10-17-14(2)20-19-13-16(11-12-18(17)19)15-8-6-5-7-9-15/h4-13H,3H2,1-2H3/b10-4-. The van der Waals surface area contributed by atoms with Crippen LogP contribution in [0.15, 0.2) is 54.6 Å². The number of aryl methyl sites for hydroxylation is 1. The molecule has 0 unspecified atom stereocenters. The molecule has 0 fully saturated rings. The number of benzene rings is 2. The lowest BCUT2D eigenvalue weighted by Crippen LogP contribution is -1.77. The van der Waals surface area contributed by atoms with E-state index >= 15 is 0 Å². The molecular formula is C19H18S. The third-order valence-electron chi connectivity index (χ3n) is 3.54. The summed E-state index contributed by atoms with van der Waals surface area (Å²) >= 11 is 1.89. The van der Waals surface area contributed by atoms with Crippen LogP contribution >= 0.6 is 11.3 Å². The normalized spacial score (nSPS) is 11.5. The molecule has 0 atom stereocenters. The van der Waals surface area contributed by atoms with E-state index in [1.807, 2.05) is 11.3 Å². The molecule has 0 saturated heterocycles. The minimum atomic E-state index is 1.08. The molecule has 0 aliphatic heterocycles. The fourth-order valence-electron chi connectivity index (χ4n) is 2.49. The van der Waals surface area contributed by atoms with Gasteiger partial charge in [-0.3, -0.25) is 0 Å². The molecule has 0 radical (unpaired) electrons. The number of hydrogen-bond acceptors (Lipinski definition) is 1. The molecule has 0 aliphatic rings. The van der Waals surface area contributed by atoms with Crippen LogP contribution in [0.5, 0.6) is 0 Å². The van der Waals surface area contributed by atoms with Gasteiger partial charge >= 0.3 is 0 Å². The highest BCUT2D eigenvalue weighted by atomic mass is 32.1. The van der Waals surface area contributed by atoms with Gasteiger partial charge in [0.25, 0.3) is 0 Å². The molecule has 0 bridgehead atoms. The van der Waals surface area contributed by atoms with Crippen molar-refractivity contribution in [3.05, 3.63) is 65.0 Å². The van der Waals surface area contributed by atoms with Crippen LogP contribution in [0.3, 0.4) is 0 Å².